The first-order valence-electron chi connectivity index (χ1n) is 10.5. The van der Waals surface area contributed by atoms with Gasteiger partial charge < -0.3 is 30.4 Å². The van der Waals surface area contributed by atoms with Crippen molar-refractivity contribution in [2.24, 2.45) is 11.8 Å². The Hall–Kier alpha value is -2.11. The lowest BCUT2D eigenvalue weighted by Crippen LogP contribution is -2.63. The molecule has 0 spiro atoms. The van der Waals surface area contributed by atoms with Gasteiger partial charge in [0.2, 0.25) is 11.8 Å². The van der Waals surface area contributed by atoms with Crippen LogP contribution in [0.2, 0.25) is 0 Å². The lowest BCUT2D eigenvalue weighted by Gasteiger charge is -2.46. The fourth-order valence-corrected chi connectivity index (χ4v) is 6.81. The number of nitrogens with zero attached hydrogens (tertiary/aromatic N) is 2. The van der Waals surface area contributed by atoms with E-state index in [-0.39, 0.29) is 34.7 Å². The normalized spacial score (nSPS) is 35.9. The molecule has 4 aliphatic rings. The maximum atomic E-state index is 12.9. The third kappa shape index (κ3) is 3.52. The van der Waals surface area contributed by atoms with Crippen LogP contribution >= 0.6 is 11.8 Å². The van der Waals surface area contributed by atoms with E-state index in [9.17, 15) is 34.5 Å². The van der Waals surface area contributed by atoms with Crippen LogP contribution in [0.3, 0.4) is 0 Å². The number of carboxylic acids is 2. The molecule has 31 heavy (non-hydrogen) atoms. The monoisotopic (exact) mass is 453 g/mol. The summed E-state index contributed by atoms with van der Waals surface area (Å²) in [5, 5.41) is 32.1. The molecular formula is C20H27N3O7S. The van der Waals surface area contributed by atoms with Crippen molar-refractivity contribution in [3.05, 3.63) is 10.6 Å². The number of β-lactam (4-membered cyclic amide) rings is 1. The van der Waals surface area contributed by atoms with E-state index in [0.717, 1.165) is 0 Å². The lowest BCUT2D eigenvalue weighted by atomic mass is 9.79. The summed E-state index contributed by atoms with van der Waals surface area (Å²) in [7, 11) is 0. The quantitative estimate of drug-likeness (QED) is 0.397. The number of thioether (sulfide) groups is 1. The summed E-state index contributed by atoms with van der Waals surface area (Å²) < 4.78 is 0. The fourth-order valence-electron chi connectivity index (χ4n) is 5.33. The zero-order valence-corrected chi connectivity index (χ0v) is 18.2. The van der Waals surface area contributed by atoms with Gasteiger partial charge in [-0.3, -0.25) is 9.59 Å². The minimum Gasteiger partial charge on any atom is -0.480 e. The number of fused-ring (bicyclic) bond motifs is 1. The van der Waals surface area contributed by atoms with Gasteiger partial charge in [0.25, 0.3) is 0 Å². The van der Waals surface area contributed by atoms with Crippen molar-refractivity contribution in [2.75, 3.05) is 13.1 Å². The molecule has 3 fully saturated rings. The molecule has 0 saturated carbocycles. The van der Waals surface area contributed by atoms with Gasteiger partial charge in [-0.2, -0.15) is 0 Å². The second-order valence-electron chi connectivity index (χ2n) is 8.74. The van der Waals surface area contributed by atoms with Crippen molar-refractivity contribution in [3.8, 4) is 0 Å². The zero-order chi connectivity index (χ0) is 22.6. The number of amides is 2. The molecule has 11 heteroatoms. The van der Waals surface area contributed by atoms with E-state index >= 15 is 0 Å². The molecule has 4 aliphatic heterocycles. The van der Waals surface area contributed by atoms with Crippen LogP contribution in [0.5, 0.6) is 0 Å². The molecular weight excluding hydrogens is 426 g/mol. The first-order chi connectivity index (χ1) is 14.6. The summed E-state index contributed by atoms with van der Waals surface area (Å²) in [5.74, 6) is -3.60. The number of carbonyl (C=O) groups is 4. The Labute approximate surface area is 183 Å². The van der Waals surface area contributed by atoms with E-state index in [0.29, 0.717) is 37.3 Å². The second kappa shape index (κ2) is 8.10. The highest BCUT2D eigenvalue weighted by atomic mass is 32.2. The number of nitrogens with one attached hydrogen (secondary N) is 1. The Morgan fingerprint density at radius 3 is 2.58 bits per heavy atom. The maximum absolute atomic E-state index is 12.9. The highest BCUT2D eigenvalue weighted by molar-refractivity contribution is 8.03. The summed E-state index contributed by atoms with van der Waals surface area (Å²) in [6, 6.07) is -1.66. The van der Waals surface area contributed by atoms with Crippen LogP contribution in [-0.4, -0.2) is 91.4 Å². The summed E-state index contributed by atoms with van der Waals surface area (Å²) in [5.41, 5.74) is -0.0235. The van der Waals surface area contributed by atoms with Crippen molar-refractivity contribution >= 4 is 35.5 Å². The van der Waals surface area contributed by atoms with Crippen LogP contribution in [0.1, 0.15) is 33.1 Å². The lowest BCUT2D eigenvalue weighted by molar-refractivity contribution is -0.163. The molecule has 3 saturated heterocycles. The van der Waals surface area contributed by atoms with Gasteiger partial charge >= 0.3 is 11.9 Å². The molecule has 10 nitrogen and oxygen atoms in total. The van der Waals surface area contributed by atoms with Gasteiger partial charge in [-0.15, -0.1) is 11.8 Å². The molecule has 2 amide bonds. The standard InChI is InChI=1S/C20H27N3O7S/c1-8-14-13(9(2)24)18(26)23(14)15(20(29)30)16(8)31-10-6-11(21-7-10)17(25)22-5-3-4-12(22)19(27)28/h8-14,21,24H,3-7H2,1-2H3,(H,27,28)(H,29,30)/t8-,9-,10-,11+,12?,13-,14?/m1/s1. The van der Waals surface area contributed by atoms with E-state index in [1.165, 1.54) is 28.5 Å². The Balaban J connectivity index is 1.46. The molecule has 0 radical (unpaired) electrons. The highest BCUT2D eigenvalue weighted by Crippen LogP contribution is 2.51. The molecule has 0 bridgehead atoms. The van der Waals surface area contributed by atoms with E-state index < -0.39 is 36.0 Å². The molecule has 0 aromatic carbocycles. The molecule has 4 rings (SSSR count). The van der Waals surface area contributed by atoms with E-state index in [1.54, 1.807) is 0 Å². The fraction of sp³-hybridized carbons (Fsp3) is 0.700. The summed E-state index contributed by atoms with van der Waals surface area (Å²) in [6.07, 6.45) is 0.714. The average molecular weight is 454 g/mol. The van der Waals surface area contributed by atoms with Gasteiger partial charge in [-0.05, 0) is 26.2 Å². The smallest absolute Gasteiger partial charge is 0.353 e. The minimum atomic E-state index is -1.17. The topological polar surface area (TPSA) is 147 Å². The number of hydrogen-bond acceptors (Lipinski definition) is 7. The van der Waals surface area contributed by atoms with Gasteiger partial charge in [0.15, 0.2) is 0 Å². The van der Waals surface area contributed by atoms with E-state index in [2.05, 4.69) is 5.32 Å². The third-order valence-electron chi connectivity index (χ3n) is 6.81. The van der Waals surface area contributed by atoms with Crippen molar-refractivity contribution in [1.29, 1.82) is 0 Å². The predicted molar refractivity (Wildman–Crippen MR) is 110 cm³/mol. The van der Waals surface area contributed by atoms with Crippen LogP contribution in [-0.2, 0) is 19.2 Å². The minimum absolute atomic E-state index is 0.0235. The number of carboxylic acid groups (broad SMARTS) is 2. The number of aliphatic hydroxyl groups is 1. The van der Waals surface area contributed by atoms with Crippen molar-refractivity contribution in [2.45, 2.75) is 62.6 Å². The van der Waals surface area contributed by atoms with Crippen LogP contribution in [0, 0.1) is 11.8 Å². The number of likely N-dealkylation sites (tertiary alicyclic amines) is 1. The van der Waals surface area contributed by atoms with Crippen LogP contribution in [0.4, 0.5) is 0 Å². The Morgan fingerprint density at radius 1 is 1.26 bits per heavy atom. The van der Waals surface area contributed by atoms with Crippen LogP contribution < -0.4 is 5.32 Å². The number of aliphatic hydroxyl groups excluding tert-OH is 1. The molecule has 0 aromatic rings. The van der Waals surface area contributed by atoms with Crippen LogP contribution in [0.15, 0.2) is 10.6 Å². The summed E-state index contributed by atoms with van der Waals surface area (Å²) in [6.45, 7) is 4.31. The highest BCUT2D eigenvalue weighted by Gasteiger charge is 2.60. The number of rotatable bonds is 6. The van der Waals surface area contributed by atoms with Crippen molar-refractivity contribution in [1.82, 2.24) is 15.1 Å². The Kier molecular flexibility index (Phi) is 5.78. The van der Waals surface area contributed by atoms with Crippen LogP contribution in [0.25, 0.3) is 0 Å². The third-order valence-corrected chi connectivity index (χ3v) is 8.33. The molecule has 7 atom stereocenters. The molecule has 170 valence electrons. The van der Waals surface area contributed by atoms with Gasteiger partial charge in [-0.25, -0.2) is 9.59 Å². The predicted octanol–water partition coefficient (Wildman–Crippen LogP) is -0.321. The first kappa shape index (κ1) is 22.1. The van der Waals surface area contributed by atoms with Gasteiger partial charge in [0.05, 0.1) is 24.1 Å². The SMILES string of the molecule is C[C@H]1C(S[C@H]2CN[C@H](C(=O)N3CCCC3C(=O)O)C2)=C(C(=O)O)N2C(=O)[C@H]([C@@H](C)O)C12. The second-order valence-corrected chi connectivity index (χ2v) is 10.1. The van der Waals surface area contributed by atoms with Gasteiger partial charge in [0.1, 0.15) is 11.7 Å². The maximum Gasteiger partial charge on any atom is 0.353 e. The molecule has 4 N–H and O–H groups in total. The molecule has 4 heterocycles. The van der Waals surface area contributed by atoms with Gasteiger partial charge in [-0.1, -0.05) is 6.92 Å². The zero-order valence-electron chi connectivity index (χ0n) is 17.4. The van der Waals surface area contributed by atoms with E-state index in [4.69, 9.17) is 0 Å². The number of hydrogen-bond donors (Lipinski definition) is 4. The molecule has 0 aromatic heterocycles. The summed E-state index contributed by atoms with van der Waals surface area (Å²) in [4.78, 5) is 52.0. The Morgan fingerprint density at radius 2 is 1.97 bits per heavy atom. The average Bonchev–Trinajstić information content (AvgIpc) is 3.40. The van der Waals surface area contributed by atoms with Crippen molar-refractivity contribution < 1.29 is 34.5 Å². The van der Waals surface area contributed by atoms with Crippen molar-refractivity contribution in [3.63, 3.8) is 0 Å². The van der Waals surface area contributed by atoms with E-state index in [1.807, 2.05) is 6.92 Å². The van der Waals surface area contributed by atoms with Gasteiger partial charge in [0, 0.05) is 29.2 Å². The molecule has 2 unspecified atom stereocenters. The number of carbonyl (C=O) groups excluding carboxylic acids is 2. The first-order valence-corrected chi connectivity index (χ1v) is 11.4. The Bertz CT molecular complexity index is 860. The largest absolute Gasteiger partial charge is 0.480 e. The number of aliphatic carboxylic acids is 2. The molecule has 0 aliphatic carbocycles. The summed E-state index contributed by atoms with van der Waals surface area (Å²) >= 11 is 1.37.